The van der Waals surface area contributed by atoms with Crippen LogP contribution >= 0.6 is 11.6 Å². The molecular formula is C21H22ClN3O4S. The van der Waals surface area contributed by atoms with Crippen LogP contribution in [0, 0.1) is 0 Å². The molecule has 0 aliphatic carbocycles. The molecule has 0 fully saturated rings. The topological polar surface area (TPSA) is 85.5 Å². The Morgan fingerprint density at radius 2 is 2.00 bits per heavy atom. The SMILES string of the molecule is CN(Cc1nc(-c2cccc(Cl)c2)no1)S(=O)(=O)c1ccc2c(c1)CCC(C)(C)O2. The average molecular weight is 448 g/mol. The number of hydrogen-bond acceptors (Lipinski definition) is 6. The third-order valence-electron chi connectivity index (χ3n) is 5.03. The molecule has 1 aliphatic rings. The molecule has 0 saturated carbocycles. The van der Waals surface area contributed by atoms with Crippen molar-refractivity contribution in [2.75, 3.05) is 7.05 Å². The lowest BCUT2D eigenvalue weighted by molar-refractivity contribution is 0.0845. The van der Waals surface area contributed by atoms with Gasteiger partial charge >= 0.3 is 0 Å². The van der Waals surface area contributed by atoms with Gasteiger partial charge in [-0.3, -0.25) is 0 Å². The van der Waals surface area contributed by atoms with Crippen molar-refractivity contribution in [3.8, 4) is 17.1 Å². The number of aromatic nitrogens is 2. The fourth-order valence-electron chi connectivity index (χ4n) is 3.31. The van der Waals surface area contributed by atoms with Gasteiger partial charge in [0.05, 0.1) is 11.4 Å². The summed E-state index contributed by atoms with van der Waals surface area (Å²) in [6.07, 6.45) is 1.59. The number of benzene rings is 2. The summed E-state index contributed by atoms with van der Waals surface area (Å²) in [6.45, 7) is 4.00. The fourth-order valence-corrected chi connectivity index (χ4v) is 4.68. The zero-order valence-electron chi connectivity index (χ0n) is 16.9. The maximum absolute atomic E-state index is 13.0. The Morgan fingerprint density at radius 3 is 2.77 bits per heavy atom. The molecule has 9 heteroatoms. The zero-order valence-corrected chi connectivity index (χ0v) is 18.5. The Bertz CT molecular complexity index is 1190. The van der Waals surface area contributed by atoms with E-state index in [1.165, 1.54) is 11.4 Å². The van der Waals surface area contributed by atoms with E-state index >= 15 is 0 Å². The van der Waals surface area contributed by atoms with E-state index in [-0.39, 0.29) is 22.9 Å². The third kappa shape index (κ3) is 4.21. The predicted molar refractivity (Wildman–Crippen MR) is 113 cm³/mol. The van der Waals surface area contributed by atoms with E-state index in [2.05, 4.69) is 10.1 Å². The first-order valence-corrected chi connectivity index (χ1v) is 11.3. The highest BCUT2D eigenvalue weighted by atomic mass is 35.5. The van der Waals surface area contributed by atoms with E-state index < -0.39 is 10.0 Å². The van der Waals surface area contributed by atoms with E-state index in [0.717, 1.165) is 24.2 Å². The molecule has 0 saturated heterocycles. The van der Waals surface area contributed by atoms with E-state index in [4.69, 9.17) is 20.9 Å². The third-order valence-corrected chi connectivity index (χ3v) is 7.07. The molecule has 2 aromatic carbocycles. The quantitative estimate of drug-likeness (QED) is 0.579. The van der Waals surface area contributed by atoms with Gasteiger partial charge in [0, 0.05) is 17.6 Å². The Morgan fingerprint density at radius 1 is 1.20 bits per heavy atom. The molecule has 0 radical (unpaired) electrons. The maximum atomic E-state index is 13.0. The molecule has 7 nitrogen and oxygen atoms in total. The van der Waals surface area contributed by atoms with E-state index in [9.17, 15) is 8.42 Å². The summed E-state index contributed by atoms with van der Waals surface area (Å²) < 4.78 is 38.5. The first-order valence-electron chi connectivity index (χ1n) is 9.51. The molecule has 0 atom stereocenters. The summed E-state index contributed by atoms with van der Waals surface area (Å²) in [5, 5.41) is 4.48. The number of nitrogens with zero attached hydrogens (tertiary/aromatic N) is 3. The Kier molecular flexibility index (Phi) is 5.34. The summed E-state index contributed by atoms with van der Waals surface area (Å²) in [6, 6.07) is 12.0. The van der Waals surface area contributed by atoms with Gasteiger partial charge in [0.25, 0.3) is 0 Å². The molecule has 2 heterocycles. The van der Waals surface area contributed by atoms with Crippen LogP contribution in [0.3, 0.4) is 0 Å². The van der Waals surface area contributed by atoms with Crippen molar-refractivity contribution >= 4 is 21.6 Å². The molecule has 3 aromatic rings. The number of ether oxygens (including phenoxy) is 1. The molecule has 158 valence electrons. The first-order chi connectivity index (χ1) is 14.1. The highest BCUT2D eigenvalue weighted by molar-refractivity contribution is 7.89. The second-order valence-corrected chi connectivity index (χ2v) is 10.4. The van der Waals surface area contributed by atoms with Crippen molar-refractivity contribution in [3.05, 3.63) is 58.9 Å². The van der Waals surface area contributed by atoms with Gasteiger partial charge in [-0.1, -0.05) is 28.9 Å². The molecule has 1 aliphatic heterocycles. The van der Waals surface area contributed by atoms with E-state index in [1.54, 1.807) is 42.5 Å². The van der Waals surface area contributed by atoms with Gasteiger partial charge in [-0.2, -0.15) is 9.29 Å². The number of halogens is 1. The smallest absolute Gasteiger partial charge is 0.243 e. The van der Waals surface area contributed by atoms with Crippen LogP contribution in [-0.2, 0) is 23.0 Å². The molecular weight excluding hydrogens is 426 g/mol. The average Bonchev–Trinajstić information content (AvgIpc) is 3.15. The lowest BCUT2D eigenvalue weighted by atomic mass is 9.94. The second-order valence-electron chi connectivity index (χ2n) is 7.91. The normalized spacial score (nSPS) is 15.6. The summed E-state index contributed by atoms with van der Waals surface area (Å²) in [5.41, 5.74) is 1.34. The monoisotopic (exact) mass is 447 g/mol. The maximum Gasteiger partial charge on any atom is 0.243 e. The van der Waals surface area contributed by atoms with Crippen LogP contribution in [-0.4, -0.2) is 35.5 Å². The van der Waals surface area contributed by atoms with Crippen LogP contribution in [0.25, 0.3) is 11.4 Å². The standard InChI is InChI=1S/C21H22ClN3O4S/c1-21(2)10-9-14-12-17(7-8-18(14)28-21)30(26,27)25(3)13-19-23-20(24-29-19)15-5-4-6-16(22)11-15/h4-8,11-12H,9-10,13H2,1-3H3. The molecule has 30 heavy (non-hydrogen) atoms. The highest BCUT2D eigenvalue weighted by Crippen LogP contribution is 2.34. The number of rotatable bonds is 5. The van der Waals surface area contributed by atoms with Crippen LogP contribution in [0.1, 0.15) is 31.7 Å². The summed E-state index contributed by atoms with van der Waals surface area (Å²) in [5.74, 6) is 1.28. The Labute approximate surface area is 180 Å². The molecule has 4 rings (SSSR count). The summed E-state index contributed by atoms with van der Waals surface area (Å²) in [7, 11) is -2.25. The van der Waals surface area contributed by atoms with E-state index in [0.29, 0.717) is 16.4 Å². The first kappa shape index (κ1) is 20.8. The van der Waals surface area contributed by atoms with Crippen LogP contribution in [0.4, 0.5) is 0 Å². The minimum absolute atomic E-state index is 0.0451. The zero-order chi connectivity index (χ0) is 21.5. The molecule has 0 spiro atoms. The summed E-state index contributed by atoms with van der Waals surface area (Å²) in [4.78, 5) is 4.50. The number of aryl methyl sites for hydroxylation is 1. The minimum Gasteiger partial charge on any atom is -0.488 e. The van der Waals surface area contributed by atoms with Gasteiger partial charge in [-0.15, -0.1) is 0 Å². The minimum atomic E-state index is -3.73. The van der Waals surface area contributed by atoms with Gasteiger partial charge in [0.15, 0.2) is 0 Å². The molecule has 0 unspecified atom stereocenters. The van der Waals surface area contributed by atoms with Crippen molar-refractivity contribution in [3.63, 3.8) is 0 Å². The van der Waals surface area contributed by atoms with Crippen molar-refractivity contribution in [2.45, 2.75) is 43.7 Å². The largest absolute Gasteiger partial charge is 0.488 e. The van der Waals surface area contributed by atoms with Crippen molar-refractivity contribution in [1.82, 2.24) is 14.4 Å². The Hall–Kier alpha value is -2.42. The van der Waals surface area contributed by atoms with Crippen molar-refractivity contribution in [2.24, 2.45) is 0 Å². The number of hydrogen-bond donors (Lipinski definition) is 0. The lowest BCUT2D eigenvalue weighted by Gasteiger charge is -2.32. The van der Waals surface area contributed by atoms with E-state index in [1.807, 2.05) is 13.8 Å². The van der Waals surface area contributed by atoms with Crippen LogP contribution in [0.5, 0.6) is 5.75 Å². The van der Waals surface area contributed by atoms with Crippen molar-refractivity contribution < 1.29 is 17.7 Å². The molecule has 0 N–H and O–H groups in total. The second kappa shape index (κ2) is 7.68. The molecule has 0 bridgehead atoms. The van der Waals surface area contributed by atoms with Crippen LogP contribution < -0.4 is 4.74 Å². The summed E-state index contributed by atoms with van der Waals surface area (Å²) >= 11 is 6.00. The van der Waals surface area contributed by atoms with Gasteiger partial charge < -0.3 is 9.26 Å². The predicted octanol–water partition coefficient (Wildman–Crippen LogP) is 4.31. The highest BCUT2D eigenvalue weighted by Gasteiger charge is 2.29. The molecule has 0 amide bonds. The van der Waals surface area contributed by atoms with Crippen LogP contribution in [0.2, 0.25) is 5.02 Å². The molecule has 1 aromatic heterocycles. The van der Waals surface area contributed by atoms with Gasteiger partial charge in [-0.25, -0.2) is 8.42 Å². The van der Waals surface area contributed by atoms with Gasteiger partial charge in [0.2, 0.25) is 21.7 Å². The van der Waals surface area contributed by atoms with Crippen molar-refractivity contribution in [1.29, 1.82) is 0 Å². The van der Waals surface area contributed by atoms with Gasteiger partial charge in [-0.05, 0) is 62.6 Å². The fraction of sp³-hybridized carbons (Fsp3) is 0.333. The van der Waals surface area contributed by atoms with Crippen LogP contribution in [0.15, 0.2) is 51.9 Å². The number of sulfonamides is 1. The van der Waals surface area contributed by atoms with Gasteiger partial charge in [0.1, 0.15) is 11.4 Å². The number of fused-ring (bicyclic) bond motifs is 1. The Balaban J connectivity index is 1.53. The lowest BCUT2D eigenvalue weighted by Crippen LogP contribution is -2.33.